The number of rotatable bonds is 6. The lowest BCUT2D eigenvalue weighted by atomic mass is 10.0. The van der Waals surface area contributed by atoms with Crippen LogP contribution in [0.4, 0.5) is 5.69 Å². The summed E-state index contributed by atoms with van der Waals surface area (Å²) < 4.78 is 51.0. The number of nitrogens with zero attached hydrogens (tertiary/aromatic N) is 2. The van der Waals surface area contributed by atoms with Crippen LogP contribution >= 0.6 is 11.6 Å². The molecule has 0 radical (unpaired) electrons. The Morgan fingerprint density at radius 3 is 1.93 bits per heavy atom. The molecule has 0 bridgehead atoms. The average molecular weight is 433 g/mol. The van der Waals surface area contributed by atoms with Gasteiger partial charge in [-0.05, 0) is 35.7 Å². The molecule has 0 heterocycles. The van der Waals surface area contributed by atoms with Crippen molar-refractivity contribution >= 4 is 37.3 Å². The van der Waals surface area contributed by atoms with Gasteiger partial charge in [0.2, 0.25) is 0 Å². The second kappa shape index (κ2) is 7.55. The van der Waals surface area contributed by atoms with Gasteiger partial charge in [0.25, 0.3) is 25.7 Å². The minimum absolute atomic E-state index is 0.179. The highest BCUT2D eigenvalue weighted by molar-refractivity contribution is 8.04. The maximum Gasteiger partial charge on any atom is 0.289 e. The Kier molecular flexibility index (Phi) is 5.95. The van der Waals surface area contributed by atoms with Crippen LogP contribution in [0.1, 0.15) is 25.3 Å². The van der Waals surface area contributed by atoms with E-state index in [1.165, 1.54) is 12.1 Å². The number of hydrogen-bond donors (Lipinski definition) is 0. The monoisotopic (exact) mass is 432 g/mol. The van der Waals surface area contributed by atoms with Crippen LogP contribution in [-0.2, 0) is 20.0 Å². The Bertz CT molecular complexity index is 1080. The van der Waals surface area contributed by atoms with Crippen LogP contribution < -0.4 is 0 Å². The van der Waals surface area contributed by atoms with Crippen molar-refractivity contribution in [3.63, 3.8) is 0 Å². The second-order valence-electron chi connectivity index (χ2n) is 5.98. The third kappa shape index (κ3) is 4.13. The number of nitro groups is 1. The molecular weight excluding hydrogens is 416 g/mol. The predicted molar refractivity (Wildman–Crippen MR) is 101 cm³/mol. The van der Waals surface area contributed by atoms with Gasteiger partial charge in [-0.15, -0.1) is 0 Å². The van der Waals surface area contributed by atoms with Gasteiger partial charge in [-0.2, -0.15) is 0 Å². The standard InChI is InChI=1S/C16H17ClN2O6S2/c1-11(2)12-4-6-13(7-5-12)26(22,23)18(3)27(24,25)14-8-9-15(17)16(10-14)19(20)21/h4-11H,1-3H3. The lowest BCUT2D eigenvalue weighted by Crippen LogP contribution is -2.33. The first-order valence-electron chi connectivity index (χ1n) is 7.67. The summed E-state index contributed by atoms with van der Waals surface area (Å²) in [4.78, 5) is 9.36. The van der Waals surface area contributed by atoms with Crippen LogP contribution in [0.5, 0.6) is 0 Å². The maximum absolute atomic E-state index is 12.7. The fourth-order valence-electron chi connectivity index (χ4n) is 2.24. The van der Waals surface area contributed by atoms with E-state index in [0.717, 1.165) is 30.8 Å². The lowest BCUT2D eigenvalue weighted by molar-refractivity contribution is -0.384. The summed E-state index contributed by atoms with van der Waals surface area (Å²) in [5.41, 5.74) is 0.262. The molecule has 0 aliphatic carbocycles. The molecule has 2 aromatic rings. The van der Waals surface area contributed by atoms with E-state index in [-0.39, 0.29) is 19.5 Å². The van der Waals surface area contributed by atoms with Gasteiger partial charge in [0.05, 0.1) is 14.7 Å². The molecule has 0 fully saturated rings. The van der Waals surface area contributed by atoms with E-state index < -0.39 is 35.6 Å². The molecule has 2 rings (SSSR count). The Morgan fingerprint density at radius 1 is 0.963 bits per heavy atom. The summed E-state index contributed by atoms with van der Waals surface area (Å²) in [6, 6.07) is 8.62. The minimum Gasteiger partial charge on any atom is -0.258 e. The summed E-state index contributed by atoms with van der Waals surface area (Å²) in [6.45, 7) is 3.88. The molecule has 0 N–H and O–H groups in total. The zero-order valence-electron chi connectivity index (χ0n) is 14.7. The minimum atomic E-state index is -4.56. The van der Waals surface area contributed by atoms with Crippen molar-refractivity contribution in [2.24, 2.45) is 0 Å². The number of halogens is 1. The van der Waals surface area contributed by atoms with Gasteiger partial charge < -0.3 is 0 Å². The van der Waals surface area contributed by atoms with Gasteiger partial charge >= 0.3 is 0 Å². The Labute approximate surface area is 162 Å². The lowest BCUT2D eigenvalue weighted by Gasteiger charge is -2.18. The summed E-state index contributed by atoms with van der Waals surface area (Å²) in [7, 11) is -8.07. The number of nitro benzene ring substituents is 1. The van der Waals surface area contributed by atoms with E-state index in [1.807, 2.05) is 13.8 Å². The second-order valence-corrected chi connectivity index (χ2v) is 10.6. The van der Waals surface area contributed by atoms with Crippen LogP contribution in [0.2, 0.25) is 5.02 Å². The zero-order valence-corrected chi connectivity index (χ0v) is 17.0. The molecule has 0 amide bonds. The van der Waals surface area contributed by atoms with Crippen molar-refractivity contribution in [3.8, 4) is 0 Å². The molecule has 8 nitrogen and oxygen atoms in total. The predicted octanol–water partition coefficient (Wildman–Crippen LogP) is 3.38. The summed E-state index contributed by atoms with van der Waals surface area (Å²) >= 11 is 5.68. The first-order chi connectivity index (χ1) is 12.4. The Balaban J connectivity index is 2.49. The third-order valence-electron chi connectivity index (χ3n) is 3.93. The molecular formula is C16H17ClN2O6S2. The van der Waals surface area contributed by atoms with Gasteiger partial charge in [-0.25, -0.2) is 16.8 Å². The summed E-state index contributed by atoms with van der Waals surface area (Å²) in [5.74, 6) is 0.179. The third-order valence-corrected chi connectivity index (χ3v) is 8.50. The van der Waals surface area contributed by atoms with E-state index in [2.05, 4.69) is 0 Å². The van der Waals surface area contributed by atoms with E-state index in [1.54, 1.807) is 12.1 Å². The van der Waals surface area contributed by atoms with Gasteiger partial charge in [-0.1, -0.05) is 41.3 Å². The quantitative estimate of drug-likeness (QED) is 0.510. The molecule has 0 saturated carbocycles. The molecule has 0 aromatic heterocycles. The van der Waals surface area contributed by atoms with Gasteiger partial charge in [-0.3, -0.25) is 10.1 Å². The van der Waals surface area contributed by atoms with Crippen molar-refractivity contribution in [3.05, 3.63) is 63.2 Å². The number of sulfonamides is 2. The first kappa shape index (κ1) is 21.3. The number of hydrogen-bond acceptors (Lipinski definition) is 6. The Hall–Kier alpha value is -2.01. The molecule has 0 unspecified atom stereocenters. The fourth-order valence-corrected chi connectivity index (χ4v) is 5.55. The van der Waals surface area contributed by atoms with E-state index in [0.29, 0.717) is 0 Å². The van der Waals surface area contributed by atoms with Crippen molar-refractivity contribution in [2.75, 3.05) is 7.05 Å². The first-order valence-corrected chi connectivity index (χ1v) is 10.9. The average Bonchev–Trinajstić information content (AvgIpc) is 2.60. The fraction of sp³-hybridized carbons (Fsp3) is 0.250. The van der Waals surface area contributed by atoms with E-state index in [9.17, 15) is 26.9 Å². The SMILES string of the molecule is CC(C)c1ccc(S(=O)(=O)N(C)S(=O)(=O)c2ccc(Cl)c([N+](=O)[O-])c2)cc1. The molecule has 0 aliphatic heterocycles. The molecule has 0 aliphatic rings. The van der Waals surface area contributed by atoms with Crippen LogP contribution in [0.15, 0.2) is 52.3 Å². The van der Waals surface area contributed by atoms with Gasteiger partial charge in [0, 0.05) is 13.1 Å². The van der Waals surface area contributed by atoms with Gasteiger partial charge in [0.15, 0.2) is 0 Å². The van der Waals surface area contributed by atoms with Crippen LogP contribution in [0.3, 0.4) is 0 Å². The largest absolute Gasteiger partial charge is 0.289 e. The van der Waals surface area contributed by atoms with Crippen LogP contribution in [0.25, 0.3) is 0 Å². The topological polar surface area (TPSA) is 115 Å². The highest BCUT2D eigenvalue weighted by Crippen LogP contribution is 2.30. The molecule has 0 saturated heterocycles. The van der Waals surface area contributed by atoms with Crippen molar-refractivity contribution < 1.29 is 21.8 Å². The van der Waals surface area contributed by atoms with Crippen molar-refractivity contribution in [1.82, 2.24) is 3.71 Å². The van der Waals surface area contributed by atoms with E-state index >= 15 is 0 Å². The smallest absolute Gasteiger partial charge is 0.258 e. The van der Waals surface area contributed by atoms with Crippen LogP contribution in [-0.4, -0.2) is 32.5 Å². The molecule has 27 heavy (non-hydrogen) atoms. The molecule has 0 spiro atoms. The highest BCUT2D eigenvalue weighted by Gasteiger charge is 2.34. The molecule has 2 aromatic carbocycles. The van der Waals surface area contributed by atoms with Crippen molar-refractivity contribution in [1.29, 1.82) is 0 Å². The van der Waals surface area contributed by atoms with Gasteiger partial charge in [0.1, 0.15) is 5.02 Å². The van der Waals surface area contributed by atoms with E-state index in [4.69, 9.17) is 11.6 Å². The van der Waals surface area contributed by atoms with Crippen LogP contribution in [0, 0.1) is 10.1 Å². The summed E-state index contributed by atoms with van der Waals surface area (Å²) in [6.07, 6.45) is 0. The summed E-state index contributed by atoms with van der Waals surface area (Å²) in [5, 5.41) is 10.7. The van der Waals surface area contributed by atoms with Crippen molar-refractivity contribution in [2.45, 2.75) is 29.6 Å². The normalized spacial score (nSPS) is 12.5. The molecule has 146 valence electrons. The molecule has 11 heteroatoms. The maximum atomic E-state index is 12.7. The number of benzene rings is 2. The Morgan fingerprint density at radius 2 is 1.44 bits per heavy atom. The highest BCUT2D eigenvalue weighted by atomic mass is 35.5. The molecule has 0 atom stereocenters. The zero-order chi connectivity index (χ0) is 20.6.